The summed E-state index contributed by atoms with van der Waals surface area (Å²) in [4.78, 5) is 59.0. The van der Waals surface area contributed by atoms with Gasteiger partial charge in [-0.3, -0.25) is 34.0 Å². The van der Waals surface area contributed by atoms with Crippen molar-refractivity contribution in [3.63, 3.8) is 0 Å². The Hall–Kier alpha value is -3.44. The molecule has 164 valence electrons. The number of amides is 1. The molecular formula is C18H26N6O6. The molecule has 30 heavy (non-hydrogen) atoms. The molecule has 0 bridgehead atoms. The number of aryl methyl sites for hydroxylation is 1. The maximum atomic E-state index is 12.4. The van der Waals surface area contributed by atoms with Gasteiger partial charge in [-0.2, -0.15) is 4.98 Å². The van der Waals surface area contributed by atoms with Crippen LogP contribution in [0, 0.1) is 5.92 Å². The van der Waals surface area contributed by atoms with E-state index in [1.807, 2.05) is 0 Å². The average molecular weight is 422 g/mol. The molecule has 0 spiro atoms. The first-order valence-corrected chi connectivity index (χ1v) is 9.30. The fourth-order valence-corrected chi connectivity index (χ4v) is 2.77. The van der Waals surface area contributed by atoms with Crippen LogP contribution in [0.3, 0.4) is 0 Å². The van der Waals surface area contributed by atoms with Crippen molar-refractivity contribution in [3.05, 3.63) is 10.4 Å². The minimum absolute atomic E-state index is 0.0165. The number of rotatable bonds is 9. The first-order valence-electron chi connectivity index (χ1n) is 9.30. The van der Waals surface area contributed by atoms with Crippen molar-refractivity contribution in [2.24, 2.45) is 5.92 Å². The number of aromatic amines is 1. The lowest BCUT2D eigenvalue weighted by atomic mass is 10.1. The first-order chi connectivity index (χ1) is 14.1. The van der Waals surface area contributed by atoms with Gasteiger partial charge in [0.05, 0.1) is 13.2 Å². The second-order valence-electron chi connectivity index (χ2n) is 6.99. The minimum Gasteiger partial charge on any atom is -0.465 e. The van der Waals surface area contributed by atoms with Crippen LogP contribution in [-0.2, 0) is 30.4 Å². The number of hydrogen-bond acceptors (Lipinski definition) is 9. The number of nitrogens with zero attached hydrogens (tertiary/aromatic N) is 4. The van der Waals surface area contributed by atoms with Crippen molar-refractivity contribution >= 4 is 40.9 Å². The number of anilines is 2. The monoisotopic (exact) mass is 422 g/mol. The fraction of sp³-hybridized carbons (Fsp3) is 0.556. The van der Waals surface area contributed by atoms with Crippen LogP contribution >= 0.6 is 0 Å². The van der Waals surface area contributed by atoms with Crippen LogP contribution in [0.15, 0.2) is 4.79 Å². The molecule has 2 aromatic heterocycles. The third-order valence-electron chi connectivity index (χ3n) is 4.09. The van der Waals surface area contributed by atoms with Crippen molar-refractivity contribution < 1.29 is 23.9 Å². The molecule has 0 atom stereocenters. The predicted octanol–water partition coefficient (Wildman–Crippen LogP) is 0.277. The van der Waals surface area contributed by atoms with Crippen LogP contribution < -0.4 is 15.8 Å². The molecule has 0 unspecified atom stereocenters. The Morgan fingerprint density at radius 1 is 1.10 bits per heavy atom. The van der Waals surface area contributed by atoms with Gasteiger partial charge >= 0.3 is 11.9 Å². The second kappa shape index (κ2) is 9.85. The summed E-state index contributed by atoms with van der Waals surface area (Å²) < 4.78 is 11.9. The Morgan fingerprint density at radius 3 is 2.20 bits per heavy atom. The molecule has 2 N–H and O–H groups in total. The zero-order valence-electron chi connectivity index (χ0n) is 17.6. The molecule has 12 nitrogen and oxygen atoms in total. The van der Waals surface area contributed by atoms with Crippen LogP contribution in [0.1, 0.15) is 27.2 Å². The molecule has 0 aliphatic rings. The molecule has 0 radical (unpaired) electrons. The van der Waals surface area contributed by atoms with Gasteiger partial charge in [0.1, 0.15) is 0 Å². The van der Waals surface area contributed by atoms with Crippen LogP contribution in [-0.4, -0.2) is 64.7 Å². The van der Waals surface area contributed by atoms with Gasteiger partial charge < -0.3 is 14.4 Å². The molecule has 2 aromatic rings. The quantitative estimate of drug-likeness (QED) is 0.543. The molecule has 12 heteroatoms. The van der Waals surface area contributed by atoms with E-state index >= 15 is 0 Å². The molecule has 0 saturated carbocycles. The van der Waals surface area contributed by atoms with E-state index in [1.54, 1.807) is 23.6 Å². The van der Waals surface area contributed by atoms with E-state index in [0.29, 0.717) is 24.6 Å². The van der Waals surface area contributed by atoms with E-state index in [9.17, 15) is 19.2 Å². The Bertz CT molecular complexity index is 977. The van der Waals surface area contributed by atoms with E-state index in [1.165, 1.54) is 20.8 Å². The molecular weight excluding hydrogens is 396 g/mol. The van der Waals surface area contributed by atoms with Crippen molar-refractivity contribution in [2.75, 3.05) is 37.5 Å². The molecule has 2 heterocycles. The van der Waals surface area contributed by atoms with E-state index in [2.05, 4.69) is 20.3 Å². The van der Waals surface area contributed by atoms with Gasteiger partial charge in [0.2, 0.25) is 17.8 Å². The number of aromatic nitrogens is 4. The van der Waals surface area contributed by atoms with Crippen molar-refractivity contribution in [2.45, 2.75) is 33.7 Å². The molecule has 0 saturated heterocycles. The number of esters is 2. The summed E-state index contributed by atoms with van der Waals surface area (Å²) in [6, 6.07) is 0. The Labute approximate surface area is 172 Å². The highest BCUT2D eigenvalue weighted by Crippen LogP contribution is 2.20. The van der Waals surface area contributed by atoms with Gasteiger partial charge in [0, 0.05) is 47.3 Å². The topological polar surface area (TPSA) is 149 Å². The van der Waals surface area contributed by atoms with Gasteiger partial charge in [-0.1, -0.05) is 0 Å². The number of imidazole rings is 1. The van der Waals surface area contributed by atoms with Crippen LogP contribution in [0.2, 0.25) is 0 Å². The number of fused-ring (bicyclic) bond motifs is 1. The molecule has 0 aromatic carbocycles. The Morgan fingerprint density at radius 2 is 1.70 bits per heavy atom. The van der Waals surface area contributed by atoms with E-state index in [-0.39, 0.29) is 36.5 Å². The molecule has 0 aliphatic carbocycles. The molecule has 2 rings (SSSR count). The Balaban J connectivity index is 2.36. The second-order valence-corrected chi connectivity index (χ2v) is 6.99. The van der Waals surface area contributed by atoms with Crippen LogP contribution in [0.4, 0.5) is 11.9 Å². The lowest BCUT2D eigenvalue weighted by molar-refractivity contribution is -0.146. The van der Waals surface area contributed by atoms with Gasteiger partial charge in [0.25, 0.3) is 5.56 Å². The number of H-pyrrole nitrogens is 1. The highest BCUT2D eigenvalue weighted by Gasteiger charge is 2.20. The van der Waals surface area contributed by atoms with Gasteiger partial charge in [-0.25, -0.2) is 4.98 Å². The van der Waals surface area contributed by atoms with E-state index in [0.717, 1.165) is 0 Å². The maximum Gasteiger partial charge on any atom is 0.302 e. The summed E-state index contributed by atoms with van der Waals surface area (Å²) in [5, 5.41) is 2.46. The maximum absolute atomic E-state index is 12.4. The van der Waals surface area contributed by atoms with Crippen LogP contribution in [0.25, 0.3) is 11.2 Å². The summed E-state index contributed by atoms with van der Waals surface area (Å²) in [6.45, 7) is 4.43. The highest BCUT2D eigenvalue weighted by molar-refractivity contribution is 5.87. The summed E-state index contributed by atoms with van der Waals surface area (Å²) in [6.07, 6.45) is 0.455. The molecule has 1 amide bonds. The number of ether oxygens (including phenoxy) is 2. The van der Waals surface area contributed by atoms with E-state index < -0.39 is 17.5 Å². The van der Waals surface area contributed by atoms with Crippen molar-refractivity contribution in [1.82, 2.24) is 19.5 Å². The van der Waals surface area contributed by atoms with Gasteiger partial charge in [-0.15, -0.1) is 0 Å². The minimum atomic E-state index is -0.484. The largest absolute Gasteiger partial charge is 0.465 e. The zero-order chi connectivity index (χ0) is 22.4. The first kappa shape index (κ1) is 22.8. The lowest BCUT2D eigenvalue weighted by Gasteiger charge is -2.19. The third-order valence-corrected chi connectivity index (χ3v) is 4.09. The third kappa shape index (κ3) is 6.03. The summed E-state index contributed by atoms with van der Waals surface area (Å²) >= 11 is 0. The number of carbonyl (C=O) groups is 3. The van der Waals surface area contributed by atoms with Gasteiger partial charge in [0.15, 0.2) is 11.2 Å². The number of hydrogen-bond donors (Lipinski definition) is 2. The van der Waals surface area contributed by atoms with Crippen molar-refractivity contribution in [3.8, 4) is 0 Å². The summed E-state index contributed by atoms with van der Waals surface area (Å²) in [7, 11) is 3.55. The highest BCUT2D eigenvalue weighted by atomic mass is 16.5. The average Bonchev–Trinajstić information content (AvgIpc) is 2.99. The van der Waals surface area contributed by atoms with Crippen LogP contribution in [0.5, 0.6) is 0 Å². The SMILES string of the molecule is CC(=O)Nc1nc2c(nc(N(C)C)n2CCC(COC(C)=O)COC(C)=O)c(=O)[nH]1. The smallest absolute Gasteiger partial charge is 0.302 e. The number of nitrogens with one attached hydrogen (secondary N) is 2. The predicted molar refractivity (Wildman–Crippen MR) is 108 cm³/mol. The van der Waals surface area contributed by atoms with Crippen molar-refractivity contribution in [1.29, 1.82) is 0 Å². The molecule has 0 fully saturated rings. The Kier molecular flexibility index (Phi) is 7.50. The normalized spacial score (nSPS) is 10.9. The summed E-state index contributed by atoms with van der Waals surface area (Å²) in [5.74, 6) is -0.998. The van der Waals surface area contributed by atoms with Gasteiger partial charge in [-0.05, 0) is 6.42 Å². The summed E-state index contributed by atoms with van der Waals surface area (Å²) in [5.41, 5.74) is -0.0591. The lowest BCUT2D eigenvalue weighted by Crippen LogP contribution is -2.23. The van der Waals surface area contributed by atoms with E-state index in [4.69, 9.17) is 9.47 Å². The fourth-order valence-electron chi connectivity index (χ4n) is 2.77. The zero-order valence-corrected chi connectivity index (χ0v) is 17.6. The standard InChI is InChI=1S/C18H26N6O6/c1-10(25)19-17-21-15-14(16(28)22-17)20-18(23(4)5)24(15)7-6-13(8-29-11(2)26)9-30-12(3)27/h13H,6-9H2,1-5H3,(H2,19,21,22,25,28). The molecule has 0 aliphatic heterocycles. The number of carbonyl (C=O) groups excluding carboxylic acids is 3.